The van der Waals surface area contributed by atoms with Crippen molar-refractivity contribution in [1.29, 1.82) is 0 Å². The van der Waals surface area contributed by atoms with Gasteiger partial charge < -0.3 is 4.74 Å². The Morgan fingerprint density at radius 3 is 2.48 bits per heavy atom. The summed E-state index contributed by atoms with van der Waals surface area (Å²) in [5, 5.41) is 0.727. The molecule has 0 saturated carbocycles. The SMILES string of the molecule is C=CCOc1ccc(/C=C2/SC(=Nc3ccc(C)cc3)N([C@@H](C)CC)C2=O)cc1. The molecule has 0 radical (unpaired) electrons. The second-order valence-corrected chi connectivity index (χ2v) is 7.95. The summed E-state index contributed by atoms with van der Waals surface area (Å²) < 4.78 is 5.52. The maximum absolute atomic E-state index is 13.1. The summed E-state index contributed by atoms with van der Waals surface area (Å²) in [6.45, 7) is 10.3. The van der Waals surface area contributed by atoms with E-state index in [1.807, 2.05) is 61.5 Å². The van der Waals surface area contributed by atoms with Gasteiger partial charge in [0.15, 0.2) is 5.17 Å². The van der Waals surface area contributed by atoms with Gasteiger partial charge in [0.05, 0.1) is 10.6 Å². The van der Waals surface area contributed by atoms with Gasteiger partial charge in [-0.05, 0) is 67.9 Å². The first-order valence-corrected chi connectivity index (χ1v) is 10.6. The van der Waals surface area contributed by atoms with Crippen molar-refractivity contribution < 1.29 is 9.53 Å². The number of hydrogen-bond acceptors (Lipinski definition) is 4. The van der Waals surface area contributed by atoms with E-state index in [0.717, 1.165) is 28.6 Å². The molecular weight excluding hydrogens is 380 g/mol. The van der Waals surface area contributed by atoms with Crippen LogP contribution in [0.3, 0.4) is 0 Å². The second-order valence-electron chi connectivity index (χ2n) is 6.94. The van der Waals surface area contributed by atoms with Gasteiger partial charge in [0.1, 0.15) is 12.4 Å². The van der Waals surface area contributed by atoms with Gasteiger partial charge in [-0.3, -0.25) is 9.69 Å². The van der Waals surface area contributed by atoms with Gasteiger partial charge in [-0.1, -0.05) is 49.4 Å². The number of ether oxygens (including phenoxy) is 1. The predicted octanol–water partition coefficient (Wildman–Crippen LogP) is 5.96. The predicted molar refractivity (Wildman–Crippen MR) is 123 cm³/mol. The van der Waals surface area contributed by atoms with Gasteiger partial charge in [0, 0.05) is 6.04 Å². The number of benzene rings is 2. The van der Waals surface area contributed by atoms with E-state index in [-0.39, 0.29) is 11.9 Å². The smallest absolute Gasteiger partial charge is 0.266 e. The molecule has 5 heteroatoms. The standard InChI is InChI=1S/C24H26N2O2S/c1-5-15-28-21-13-9-19(10-14-21)16-22-23(27)26(18(4)6-2)24(29-22)25-20-11-7-17(3)8-12-20/h5,7-14,16,18H,1,6,15H2,2-4H3/b22-16+,25-24?/t18-/m0/s1. The maximum Gasteiger partial charge on any atom is 0.266 e. The summed E-state index contributed by atoms with van der Waals surface area (Å²) >= 11 is 1.43. The number of carbonyl (C=O) groups is 1. The number of thioether (sulfide) groups is 1. The number of aryl methyl sites for hydroxylation is 1. The van der Waals surface area contributed by atoms with Gasteiger partial charge in [-0.2, -0.15) is 0 Å². The molecule has 1 amide bonds. The van der Waals surface area contributed by atoms with E-state index >= 15 is 0 Å². The number of rotatable bonds is 7. The van der Waals surface area contributed by atoms with E-state index in [9.17, 15) is 4.79 Å². The summed E-state index contributed by atoms with van der Waals surface area (Å²) in [4.78, 5) is 20.3. The molecule has 0 N–H and O–H groups in total. The van der Waals surface area contributed by atoms with E-state index in [1.54, 1.807) is 11.0 Å². The minimum absolute atomic E-state index is 0.00203. The highest BCUT2D eigenvalue weighted by molar-refractivity contribution is 8.18. The summed E-state index contributed by atoms with van der Waals surface area (Å²) in [6, 6.07) is 15.8. The van der Waals surface area contributed by atoms with Crippen LogP contribution in [0.15, 0.2) is 71.1 Å². The molecule has 0 aliphatic carbocycles. The average Bonchev–Trinajstić information content (AvgIpc) is 3.03. The van der Waals surface area contributed by atoms with Crippen molar-refractivity contribution >= 4 is 34.6 Å². The molecule has 0 aromatic heterocycles. The Bertz CT molecular complexity index is 930. The van der Waals surface area contributed by atoms with Crippen LogP contribution in [0.5, 0.6) is 5.75 Å². The third-order valence-corrected chi connectivity index (χ3v) is 5.66. The third-order valence-electron chi connectivity index (χ3n) is 4.67. The highest BCUT2D eigenvalue weighted by Crippen LogP contribution is 2.36. The Morgan fingerprint density at radius 2 is 1.86 bits per heavy atom. The first-order chi connectivity index (χ1) is 14.0. The monoisotopic (exact) mass is 406 g/mol. The van der Waals surface area contributed by atoms with Crippen LogP contribution in [-0.4, -0.2) is 28.6 Å². The molecule has 1 saturated heterocycles. The third kappa shape index (κ3) is 5.18. The molecule has 0 spiro atoms. The van der Waals surface area contributed by atoms with Crippen molar-refractivity contribution in [2.24, 2.45) is 4.99 Å². The number of nitrogens with zero attached hydrogens (tertiary/aromatic N) is 2. The molecule has 1 atom stereocenters. The summed E-state index contributed by atoms with van der Waals surface area (Å²) in [6.07, 6.45) is 4.49. The van der Waals surface area contributed by atoms with Crippen molar-refractivity contribution in [3.05, 3.63) is 77.2 Å². The summed E-state index contributed by atoms with van der Waals surface area (Å²) in [7, 11) is 0. The van der Waals surface area contributed by atoms with Crippen LogP contribution in [0.25, 0.3) is 6.08 Å². The lowest BCUT2D eigenvalue weighted by atomic mass is 10.2. The summed E-state index contributed by atoms with van der Waals surface area (Å²) in [5.74, 6) is 0.780. The van der Waals surface area contributed by atoms with Crippen molar-refractivity contribution in [3.8, 4) is 5.75 Å². The van der Waals surface area contributed by atoms with Gasteiger partial charge in [0.2, 0.25) is 0 Å². The number of carbonyl (C=O) groups excluding carboxylic acids is 1. The number of amidine groups is 1. The zero-order chi connectivity index (χ0) is 20.8. The molecule has 1 heterocycles. The molecule has 1 fully saturated rings. The lowest BCUT2D eigenvalue weighted by Gasteiger charge is -2.22. The van der Waals surface area contributed by atoms with Gasteiger partial charge in [-0.25, -0.2) is 4.99 Å². The number of aliphatic imine (C=N–C) groups is 1. The van der Waals surface area contributed by atoms with E-state index in [4.69, 9.17) is 9.73 Å². The average molecular weight is 407 g/mol. The van der Waals surface area contributed by atoms with Crippen molar-refractivity contribution in [2.75, 3.05) is 6.61 Å². The van der Waals surface area contributed by atoms with Crippen molar-refractivity contribution in [1.82, 2.24) is 4.90 Å². The Balaban J connectivity index is 1.88. The Kier molecular flexibility index (Phi) is 6.94. The van der Waals surface area contributed by atoms with E-state index < -0.39 is 0 Å². The highest BCUT2D eigenvalue weighted by Gasteiger charge is 2.36. The van der Waals surface area contributed by atoms with Crippen LogP contribution >= 0.6 is 11.8 Å². The fourth-order valence-electron chi connectivity index (χ4n) is 2.83. The Hall–Kier alpha value is -2.79. The molecule has 0 bridgehead atoms. The molecule has 150 valence electrons. The first kappa shape index (κ1) is 20.9. The fourth-order valence-corrected chi connectivity index (χ4v) is 3.92. The fraction of sp³-hybridized carbons (Fsp3) is 0.250. The number of amides is 1. The van der Waals surface area contributed by atoms with Gasteiger partial charge >= 0.3 is 0 Å². The Morgan fingerprint density at radius 1 is 1.17 bits per heavy atom. The lowest BCUT2D eigenvalue weighted by molar-refractivity contribution is -0.123. The normalized spacial score (nSPS) is 17.8. The maximum atomic E-state index is 13.1. The Labute approximate surface area is 177 Å². The van der Waals surface area contributed by atoms with Crippen LogP contribution in [0, 0.1) is 6.92 Å². The van der Waals surface area contributed by atoms with Gasteiger partial charge in [0.25, 0.3) is 5.91 Å². The van der Waals surface area contributed by atoms with Crippen LogP contribution in [0.2, 0.25) is 0 Å². The molecule has 3 rings (SSSR count). The van der Waals surface area contributed by atoms with E-state index in [1.165, 1.54) is 17.3 Å². The highest BCUT2D eigenvalue weighted by atomic mass is 32.2. The van der Waals surface area contributed by atoms with Crippen molar-refractivity contribution in [3.63, 3.8) is 0 Å². The molecular formula is C24H26N2O2S. The van der Waals surface area contributed by atoms with Crippen molar-refractivity contribution in [2.45, 2.75) is 33.2 Å². The van der Waals surface area contributed by atoms with Crippen LogP contribution in [0.4, 0.5) is 5.69 Å². The number of hydrogen-bond donors (Lipinski definition) is 0. The van der Waals surface area contributed by atoms with Gasteiger partial charge in [-0.15, -0.1) is 0 Å². The quantitative estimate of drug-likeness (QED) is 0.421. The molecule has 2 aromatic rings. The van der Waals surface area contributed by atoms with Crippen LogP contribution in [-0.2, 0) is 4.79 Å². The van der Waals surface area contributed by atoms with E-state index in [0.29, 0.717) is 11.5 Å². The van der Waals surface area contributed by atoms with Crippen LogP contribution < -0.4 is 4.74 Å². The lowest BCUT2D eigenvalue weighted by Crippen LogP contribution is -2.36. The van der Waals surface area contributed by atoms with E-state index in [2.05, 4.69) is 20.4 Å². The molecule has 29 heavy (non-hydrogen) atoms. The molecule has 1 aliphatic heterocycles. The largest absolute Gasteiger partial charge is 0.490 e. The minimum Gasteiger partial charge on any atom is -0.490 e. The van der Waals surface area contributed by atoms with Crippen LogP contribution in [0.1, 0.15) is 31.4 Å². The minimum atomic E-state index is 0.00203. The molecule has 0 unspecified atom stereocenters. The molecule has 4 nitrogen and oxygen atoms in total. The summed E-state index contributed by atoms with van der Waals surface area (Å²) in [5.41, 5.74) is 2.99. The first-order valence-electron chi connectivity index (χ1n) is 9.74. The zero-order valence-electron chi connectivity index (χ0n) is 17.1. The molecule has 2 aromatic carbocycles. The zero-order valence-corrected chi connectivity index (χ0v) is 17.9. The molecule has 1 aliphatic rings. The second kappa shape index (κ2) is 9.61. The topological polar surface area (TPSA) is 41.9 Å².